The topological polar surface area (TPSA) is 128 Å². The minimum atomic E-state index is 0.0950. The number of nitriles is 2. The minimum Gasteiger partial charge on any atom is -0.368 e. The summed E-state index contributed by atoms with van der Waals surface area (Å²) in [5.74, 6) is 0.0950. The zero-order valence-electron chi connectivity index (χ0n) is 10.1. The van der Waals surface area contributed by atoms with E-state index >= 15 is 0 Å². The zero-order valence-corrected chi connectivity index (χ0v) is 10.1. The van der Waals surface area contributed by atoms with Crippen molar-refractivity contribution in [3.05, 3.63) is 35.5 Å². The fourth-order valence-corrected chi connectivity index (χ4v) is 1.97. The highest BCUT2D eigenvalue weighted by Crippen LogP contribution is 2.27. The van der Waals surface area contributed by atoms with Crippen LogP contribution >= 0.6 is 0 Å². The van der Waals surface area contributed by atoms with Crippen molar-refractivity contribution >= 4 is 17.0 Å². The van der Waals surface area contributed by atoms with E-state index in [0.29, 0.717) is 33.4 Å². The van der Waals surface area contributed by atoms with Gasteiger partial charge < -0.3 is 5.73 Å². The molecule has 0 fully saturated rings. The first-order valence-corrected chi connectivity index (χ1v) is 5.63. The quantitative estimate of drug-likeness (QED) is 0.680. The number of nitrogens with zero attached hydrogens (tertiary/aromatic N) is 5. The van der Waals surface area contributed by atoms with E-state index in [2.05, 4.69) is 20.2 Å². The Balaban J connectivity index is 2.34. The first kappa shape index (κ1) is 11.6. The average Bonchev–Trinajstić information content (AvgIpc) is 2.93. The molecule has 0 saturated carbocycles. The number of hydrogen-bond donors (Lipinski definition) is 2. The van der Waals surface area contributed by atoms with Gasteiger partial charge in [0.25, 0.3) is 0 Å². The van der Waals surface area contributed by atoms with Crippen molar-refractivity contribution in [3.8, 4) is 23.4 Å². The van der Waals surface area contributed by atoms with Crippen molar-refractivity contribution in [1.82, 2.24) is 20.2 Å². The van der Waals surface area contributed by atoms with Gasteiger partial charge in [-0.05, 0) is 18.2 Å². The van der Waals surface area contributed by atoms with E-state index in [1.165, 1.54) is 6.07 Å². The summed E-state index contributed by atoms with van der Waals surface area (Å²) in [5, 5.41) is 25.3. The number of fused-ring (bicyclic) bond motifs is 1. The van der Waals surface area contributed by atoms with E-state index in [4.69, 9.17) is 16.3 Å². The summed E-state index contributed by atoms with van der Waals surface area (Å²) in [4.78, 5) is 8.21. The summed E-state index contributed by atoms with van der Waals surface area (Å²) >= 11 is 0. The van der Waals surface area contributed by atoms with Crippen molar-refractivity contribution in [2.75, 3.05) is 5.73 Å². The molecule has 94 valence electrons. The molecule has 0 aliphatic rings. The number of nitrogen functional groups attached to an aromatic ring is 1. The van der Waals surface area contributed by atoms with Gasteiger partial charge in [-0.2, -0.15) is 20.6 Å². The van der Waals surface area contributed by atoms with Gasteiger partial charge in [-0.15, -0.1) is 0 Å². The second kappa shape index (κ2) is 4.34. The molecule has 20 heavy (non-hydrogen) atoms. The maximum absolute atomic E-state index is 9.02. The van der Waals surface area contributed by atoms with Gasteiger partial charge in [-0.25, -0.2) is 4.98 Å². The van der Waals surface area contributed by atoms with Crippen LogP contribution in [-0.2, 0) is 0 Å². The fraction of sp³-hybridized carbons (Fsp3) is 0. The number of anilines is 1. The number of benzene rings is 1. The largest absolute Gasteiger partial charge is 0.368 e. The minimum absolute atomic E-state index is 0.0950. The van der Waals surface area contributed by atoms with E-state index in [-0.39, 0.29) is 5.95 Å². The van der Waals surface area contributed by atoms with Gasteiger partial charge >= 0.3 is 0 Å². The summed E-state index contributed by atoms with van der Waals surface area (Å²) < 4.78 is 0. The molecule has 0 aliphatic heterocycles. The molecule has 3 aromatic rings. The normalized spacial score (nSPS) is 10.1. The summed E-state index contributed by atoms with van der Waals surface area (Å²) in [6, 6.07) is 8.85. The van der Waals surface area contributed by atoms with Crippen molar-refractivity contribution in [2.45, 2.75) is 0 Å². The number of hydrogen-bond acceptors (Lipinski definition) is 6. The van der Waals surface area contributed by atoms with Crippen LogP contribution in [0.5, 0.6) is 0 Å². The number of H-pyrrole nitrogens is 1. The number of nitrogens with two attached hydrogens (primary N) is 1. The summed E-state index contributed by atoms with van der Waals surface area (Å²) in [7, 11) is 0. The Kier molecular flexibility index (Phi) is 2.52. The van der Waals surface area contributed by atoms with Crippen LogP contribution in [0.15, 0.2) is 24.4 Å². The summed E-state index contributed by atoms with van der Waals surface area (Å²) in [5.41, 5.74) is 8.10. The molecule has 3 rings (SSSR count). The molecule has 2 heterocycles. The van der Waals surface area contributed by atoms with Crippen LogP contribution in [0.4, 0.5) is 5.95 Å². The molecular formula is C13H7N7. The molecule has 0 spiro atoms. The Labute approximate surface area is 113 Å². The smallest absolute Gasteiger partial charge is 0.222 e. The molecule has 1 aromatic carbocycles. The van der Waals surface area contributed by atoms with Gasteiger partial charge in [0.2, 0.25) is 5.95 Å². The predicted octanol–water partition coefficient (Wildman–Crippen LogP) is 1.35. The lowest BCUT2D eigenvalue weighted by Gasteiger charge is -2.04. The second-order valence-electron chi connectivity index (χ2n) is 4.09. The number of nitrogens with one attached hydrogen (secondary N) is 1. The molecule has 7 nitrogen and oxygen atoms in total. The van der Waals surface area contributed by atoms with Crippen LogP contribution in [0.2, 0.25) is 0 Å². The van der Waals surface area contributed by atoms with E-state index in [0.717, 1.165) is 0 Å². The van der Waals surface area contributed by atoms with E-state index in [1.54, 1.807) is 18.3 Å². The van der Waals surface area contributed by atoms with E-state index < -0.39 is 0 Å². The van der Waals surface area contributed by atoms with Gasteiger partial charge in [0.1, 0.15) is 0 Å². The molecule has 0 bridgehead atoms. The Morgan fingerprint density at radius 3 is 2.40 bits per heavy atom. The van der Waals surface area contributed by atoms with Crippen LogP contribution in [0.25, 0.3) is 22.3 Å². The molecular weight excluding hydrogens is 254 g/mol. The molecule has 2 aromatic heterocycles. The lowest BCUT2D eigenvalue weighted by Crippen LogP contribution is -1.98. The van der Waals surface area contributed by atoms with Gasteiger partial charge in [0.05, 0.1) is 40.5 Å². The maximum Gasteiger partial charge on any atom is 0.222 e. The van der Waals surface area contributed by atoms with Crippen molar-refractivity contribution in [3.63, 3.8) is 0 Å². The average molecular weight is 261 g/mol. The fourth-order valence-electron chi connectivity index (χ4n) is 1.97. The van der Waals surface area contributed by atoms with Crippen LogP contribution in [-0.4, -0.2) is 20.2 Å². The molecule has 0 radical (unpaired) electrons. The summed E-state index contributed by atoms with van der Waals surface area (Å²) in [6.45, 7) is 0. The van der Waals surface area contributed by atoms with Crippen molar-refractivity contribution < 1.29 is 0 Å². The van der Waals surface area contributed by atoms with Gasteiger partial charge in [0, 0.05) is 5.56 Å². The third-order valence-corrected chi connectivity index (χ3v) is 2.79. The summed E-state index contributed by atoms with van der Waals surface area (Å²) in [6.07, 6.45) is 1.58. The molecule has 0 aliphatic carbocycles. The van der Waals surface area contributed by atoms with Crippen molar-refractivity contribution in [1.29, 1.82) is 10.5 Å². The maximum atomic E-state index is 9.02. The van der Waals surface area contributed by atoms with Crippen LogP contribution < -0.4 is 5.73 Å². The van der Waals surface area contributed by atoms with Gasteiger partial charge in [-0.3, -0.25) is 5.10 Å². The van der Waals surface area contributed by atoms with Gasteiger partial charge in [-0.1, -0.05) is 0 Å². The van der Waals surface area contributed by atoms with E-state index in [9.17, 15) is 0 Å². The first-order chi connectivity index (χ1) is 9.71. The number of rotatable bonds is 1. The zero-order chi connectivity index (χ0) is 14.1. The Morgan fingerprint density at radius 1 is 1.05 bits per heavy atom. The molecule has 0 unspecified atom stereocenters. The lowest BCUT2D eigenvalue weighted by atomic mass is 10.0. The van der Waals surface area contributed by atoms with Crippen LogP contribution in [0.1, 0.15) is 11.1 Å². The Bertz CT molecular complexity index is 863. The monoisotopic (exact) mass is 261 g/mol. The van der Waals surface area contributed by atoms with Crippen LogP contribution in [0.3, 0.4) is 0 Å². The number of aromatic amines is 1. The highest BCUT2D eigenvalue weighted by Gasteiger charge is 2.12. The first-order valence-electron chi connectivity index (χ1n) is 5.63. The lowest BCUT2D eigenvalue weighted by molar-refractivity contribution is 1.09. The predicted molar refractivity (Wildman–Crippen MR) is 71.0 cm³/mol. The number of aromatic nitrogens is 4. The molecule has 7 heteroatoms. The SMILES string of the molecule is N#Cc1cc(C#N)cc(-c2nc(N)nc3[nH]ncc23)c1. The third-order valence-electron chi connectivity index (χ3n) is 2.79. The van der Waals surface area contributed by atoms with Crippen molar-refractivity contribution in [2.24, 2.45) is 0 Å². The standard InChI is InChI=1S/C13H7N7/c14-4-7-1-8(5-15)3-9(2-7)11-10-6-17-20-12(10)19-13(16)18-11/h1-3,6H,(H3,16,17,18,19,20). The molecule has 3 N–H and O–H groups in total. The van der Waals surface area contributed by atoms with E-state index in [1.807, 2.05) is 12.1 Å². The van der Waals surface area contributed by atoms with Gasteiger partial charge in [0.15, 0.2) is 5.65 Å². The Hall–Kier alpha value is -3.45. The second-order valence-corrected chi connectivity index (χ2v) is 4.09. The highest BCUT2D eigenvalue weighted by molar-refractivity contribution is 5.91. The van der Waals surface area contributed by atoms with Crippen LogP contribution in [0, 0.1) is 22.7 Å². The molecule has 0 saturated heterocycles. The molecule has 0 atom stereocenters. The Morgan fingerprint density at radius 2 is 1.75 bits per heavy atom. The molecule has 0 amide bonds. The highest BCUT2D eigenvalue weighted by atomic mass is 15.2. The third kappa shape index (κ3) is 1.80.